The van der Waals surface area contributed by atoms with Crippen molar-refractivity contribution in [3.05, 3.63) is 64.4 Å². The fraction of sp³-hybridized carbons (Fsp3) is 0.333. The molecule has 2 aromatic carbocycles. The average Bonchev–Trinajstić information content (AvgIpc) is 2.96. The Morgan fingerprint density at radius 2 is 1.75 bits per heavy atom. The van der Waals surface area contributed by atoms with Crippen molar-refractivity contribution in [1.82, 2.24) is 4.90 Å². The Morgan fingerprint density at radius 1 is 1.09 bits per heavy atom. The molecule has 3 aliphatic carbocycles. The summed E-state index contributed by atoms with van der Waals surface area (Å²) in [7, 11) is 6.50. The molecule has 1 fully saturated rings. The van der Waals surface area contributed by atoms with Gasteiger partial charge in [-0.3, -0.25) is 24.1 Å². The lowest BCUT2D eigenvalue weighted by Gasteiger charge is -2.50. The highest BCUT2D eigenvalue weighted by Gasteiger charge is 2.64. The summed E-state index contributed by atoms with van der Waals surface area (Å²) in [6.07, 6.45) is 0.0484. The molecule has 0 aromatic heterocycles. The monoisotopic (exact) mass is 621 g/mol. The number of carbonyl (C=O) groups excluding carboxylic acids is 4. The third kappa shape index (κ3) is 4.66. The van der Waals surface area contributed by atoms with E-state index < -0.39 is 69.0 Å². The molecule has 0 heterocycles. The van der Waals surface area contributed by atoms with Crippen LogP contribution in [0, 0.1) is 17.4 Å². The van der Waals surface area contributed by atoms with Crippen LogP contribution >= 0.6 is 11.8 Å². The van der Waals surface area contributed by atoms with Crippen molar-refractivity contribution in [2.45, 2.75) is 29.4 Å². The molecule has 2 amide bonds. The quantitative estimate of drug-likeness (QED) is 0.123. The molecular formula is C30H31N5O8S. The Hall–Kier alpha value is -4.53. The van der Waals surface area contributed by atoms with Crippen LogP contribution in [0.4, 0.5) is 16.2 Å². The number of nitrogens with one attached hydrogen (secondary N) is 2. The van der Waals surface area contributed by atoms with Crippen LogP contribution in [0.2, 0.25) is 0 Å². The summed E-state index contributed by atoms with van der Waals surface area (Å²) in [5.74, 6) is -7.80. The van der Waals surface area contributed by atoms with E-state index in [-0.39, 0.29) is 29.7 Å². The number of benzene rings is 2. The smallest absolute Gasteiger partial charge is 0.302 e. The van der Waals surface area contributed by atoms with Crippen LogP contribution in [0.15, 0.2) is 63.3 Å². The van der Waals surface area contributed by atoms with Crippen LogP contribution in [0.1, 0.15) is 17.5 Å². The van der Waals surface area contributed by atoms with Crippen LogP contribution in [-0.2, 0) is 20.8 Å². The number of aliphatic hydroxyl groups excluding tert-OH is 2. The number of hydrogen-bond donors (Lipinski definition) is 6. The minimum Gasteiger partial charge on any atom is -0.508 e. The molecule has 0 spiro atoms. The Labute approximate surface area is 256 Å². The first-order chi connectivity index (χ1) is 20.7. The zero-order valence-corrected chi connectivity index (χ0v) is 25.1. The summed E-state index contributed by atoms with van der Waals surface area (Å²) in [6.45, 7) is 0. The first kappa shape index (κ1) is 30.9. The van der Waals surface area contributed by atoms with E-state index in [1.165, 1.54) is 19.0 Å². The third-order valence-corrected chi connectivity index (χ3v) is 9.23. The molecule has 1 saturated carbocycles. The van der Waals surface area contributed by atoms with Gasteiger partial charge in [0.05, 0.1) is 17.3 Å². The van der Waals surface area contributed by atoms with Crippen molar-refractivity contribution in [1.29, 1.82) is 5.53 Å². The summed E-state index contributed by atoms with van der Waals surface area (Å²) in [5.41, 5.74) is 3.87. The van der Waals surface area contributed by atoms with E-state index in [9.17, 15) is 39.6 Å². The van der Waals surface area contributed by atoms with Crippen molar-refractivity contribution < 1.29 is 39.6 Å². The summed E-state index contributed by atoms with van der Waals surface area (Å²) in [6, 6.07) is 9.16. The van der Waals surface area contributed by atoms with E-state index >= 15 is 0 Å². The van der Waals surface area contributed by atoms with Gasteiger partial charge in [-0.05, 0) is 68.4 Å². The highest BCUT2D eigenvalue weighted by molar-refractivity contribution is 8.13. The second-order valence-electron chi connectivity index (χ2n) is 11.4. The Morgan fingerprint density at radius 3 is 2.34 bits per heavy atom. The van der Waals surface area contributed by atoms with Gasteiger partial charge in [0.25, 0.3) is 5.24 Å². The van der Waals surface area contributed by atoms with E-state index in [0.29, 0.717) is 16.1 Å². The number of phenols is 1. The Balaban J connectivity index is 1.66. The van der Waals surface area contributed by atoms with Gasteiger partial charge in [-0.2, -0.15) is 0 Å². The first-order valence-electron chi connectivity index (χ1n) is 13.6. The molecule has 0 saturated heterocycles. The lowest BCUT2D eigenvalue weighted by molar-refractivity contribution is -0.153. The zero-order chi connectivity index (χ0) is 32.2. The number of fused-ring (bicyclic) bond motifs is 3. The number of likely N-dealkylation sites (N-methyl/N-ethyl adjacent to an activating group) is 1. The highest BCUT2D eigenvalue weighted by Crippen LogP contribution is 2.54. The van der Waals surface area contributed by atoms with Crippen LogP contribution in [-0.4, -0.2) is 87.9 Å². The molecule has 6 N–H and O–H groups in total. The minimum atomic E-state index is -2.80. The predicted octanol–water partition coefficient (Wildman–Crippen LogP) is 3.43. The molecular weight excluding hydrogens is 590 g/mol. The van der Waals surface area contributed by atoms with Crippen molar-refractivity contribution >= 4 is 51.6 Å². The molecule has 0 bridgehead atoms. The van der Waals surface area contributed by atoms with Gasteiger partial charge in [-0.1, -0.05) is 18.2 Å². The fourth-order valence-corrected chi connectivity index (χ4v) is 7.21. The van der Waals surface area contributed by atoms with Gasteiger partial charge in [-0.15, -0.1) is 5.11 Å². The number of rotatable bonds is 5. The van der Waals surface area contributed by atoms with Gasteiger partial charge in [0.1, 0.15) is 17.1 Å². The van der Waals surface area contributed by atoms with Gasteiger partial charge in [0, 0.05) is 36.2 Å². The topological polar surface area (TPSA) is 204 Å². The van der Waals surface area contributed by atoms with E-state index in [1.54, 1.807) is 55.4 Å². The first-order valence-corrected chi connectivity index (χ1v) is 14.4. The minimum absolute atomic E-state index is 0.0325. The second kappa shape index (κ2) is 11.2. The second-order valence-corrected chi connectivity index (χ2v) is 12.4. The number of ketones is 2. The van der Waals surface area contributed by atoms with Crippen molar-refractivity contribution in [2.24, 2.45) is 17.0 Å². The van der Waals surface area contributed by atoms with Crippen molar-refractivity contribution in [3.8, 4) is 5.75 Å². The number of hydrogen-bond acceptors (Lipinski definition) is 12. The molecule has 0 aliphatic heterocycles. The van der Waals surface area contributed by atoms with Gasteiger partial charge in [0.2, 0.25) is 5.78 Å². The zero-order valence-electron chi connectivity index (χ0n) is 24.3. The van der Waals surface area contributed by atoms with Gasteiger partial charge < -0.3 is 30.6 Å². The van der Waals surface area contributed by atoms with Crippen molar-refractivity contribution in [3.63, 3.8) is 0 Å². The van der Waals surface area contributed by atoms with Gasteiger partial charge in [0.15, 0.2) is 17.1 Å². The fourth-order valence-electron chi connectivity index (χ4n) is 6.54. The highest BCUT2D eigenvalue weighted by atomic mass is 32.2. The van der Waals surface area contributed by atoms with Crippen molar-refractivity contribution in [2.75, 3.05) is 38.4 Å². The largest absolute Gasteiger partial charge is 0.508 e. The van der Waals surface area contributed by atoms with E-state index in [0.717, 1.165) is 11.8 Å². The van der Waals surface area contributed by atoms with Crippen LogP contribution in [0.5, 0.6) is 5.75 Å². The van der Waals surface area contributed by atoms with E-state index in [2.05, 4.69) is 10.4 Å². The third-order valence-electron chi connectivity index (χ3n) is 8.44. The molecule has 2 aromatic rings. The SMILES string of the molecule is CN(C)c1cc(NC(=O)Sc2ccccc2)c(O)c2c1C[C@H]1C[C@H]3[C@H](N(C)C)C(=O)C(C(=O)N=N)=C(O)[C@@]3(O)C(=O)C1=C2O. The summed E-state index contributed by atoms with van der Waals surface area (Å²) >= 11 is 0.888. The molecule has 4 atom stereocenters. The number of amides is 2. The summed E-state index contributed by atoms with van der Waals surface area (Å²) in [5, 5.41) is 50.7. The van der Waals surface area contributed by atoms with Crippen LogP contribution in [0.3, 0.4) is 0 Å². The number of Topliss-reactive ketones (excluding diaryl/α,β-unsaturated/α-hetero) is 2. The number of aliphatic hydroxyl groups is 3. The molecule has 230 valence electrons. The molecule has 44 heavy (non-hydrogen) atoms. The lowest BCUT2D eigenvalue weighted by atomic mass is 9.57. The maximum atomic E-state index is 14.1. The number of nitrogens with zero attached hydrogens (tertiary/aromatic N) is 3. The Kier molecular flexibility index (Phi) is 7.86. The van der Waals surface area contributed by atoms with Gasteiger partial charge >= 0.3 is 5.91 Å². The molecule has 5 rings (SSSR count). The molecule has 13 nitrogen and oxygen atoms in total. The maximum Gasteiger partial charge on any atom is 0.302 e. The Bertz CT molecular complexity index is 1690. The number of thioether (sulfide) groups is 1. The summed E-state index contributed by atoms with van der Waals surface area (Å²) in [4.78, 5) is 56.5. The van der Waals surface area contributed by atoms with Crippen LogP contribution in [0.25, 0.3) is 5.76 Å². The number of carbonyl (C=O) groups is 4. The molecule has 0 unspecified atom stereocenters. The summed E-state index contributed by atoms with van der Waals surface area (Å²) < 4.78 is 0. The molecule has 14 heteroatoms. The molecule has 0 radical (unpaired) electrons. The van der Waals surface area contributed by atoms with Gasteiger partial charge in [-0.25, -0.2) is 5.53 Å². The van der Waals surface area contributed by atoms with E-state index in [1.807, 2.05) is 0 Å². The maximum absolute atomic E-state index is 14.1. The number of aromatic hydroxyl groups is 1. The predicted molar refractivity (Wildman–Crippen MR) is 161 cm³/mol. The number of anilines is 2. The van der Waals surface area contributed by atoms with Crippen LogP contribution < -0.4 is 10.2 Å². The lowest BCUT2D eigenvalue weighted by Crippen LogP contribution is -2.65. The molecule has 3 aliphatic rings. The van der Waals surface area contributed by atoms with E-state index in [4.69, 9.17) is 5.53 Å². The number of phenolic OH excluding ortho intramolecular Hbond substituents is 1. The standard InChI is InChI=1S/C30H31N5O8S/c1-34(2)18-12-17(32-29(42)44-14-8-6-5-7-9-14)23(36)20-15(18)10-13-11-16-22(35(3)4)25(38)21(28(41)33-31)27(40)30(16,43)26(39)19(13)24(20)37/h5-9,12-13,16,22,31,36-37,40,43H,10-11H2,1-4H3,(H,32,42)/t13-,16-,22-,30-/m0/s1. The normalized spacial score (nSPS) is 24.5. The average molecular weight is 622 g/mol.